The number of carbonyl (C=O) groups is 1. The monoisotopic (exact) mass is 314 g/mol. The van der Waals surface area contributed by atoms with Gasteiger partial charge in [0.1, 0.15) is 0 Å². The number of fused-ring (bicyclic) bond motifs is 1. The third-order valence-corrected chi connectivity index (χ3v) is 4.28. The molecule has 1 unspecified atom stereocenters. The Balaban J connectivity index is 1.59. The topological polar surface area (TPSA) is 32.3 Å². The number of nitrogens with zero attached hydrogens (tertiary/aromatic N) is 1. The molecule has 0 radical (unpaired) electrons. The Bertz CT molecular complexity index is 669. The average Bonchev–Trinajstić information content (AvgIpc) is 2.85. The molecule has 0 aliphatic carbocycles. The van der Waals surface area contributed by atoms with Gasteiger partial charge in [0, 0.05) is 23.3 Å². The van der Waals surface area contributed by atoms with Gasteiger partial charge in [-0.2, -0.15) is 0 Å². The molecule has 0 saturated heterocycles. The molecule has 0 aromatic heterocycles. The zero-order valence-corrected chi connectivity index (χ0v) is 13.3. The van der Waals surface area contributed by atoms with E-state index in [1.807, 2.05) is 47.4 Å². The normalized spacial score (nSPS) is 16.5. The lowest BCUT2D eigenvalue weighted by molar-refractivity contribution is 0.245. The van der Waals surface area contributed by atoms with Crippen molar-refractivity contribution < 1.29 is 4.79 Å². The Hall–Kier alpha value is -2.00. The van der Waals surface area contributed by atoms with Crippen LogP contribution in [0.25, 0.3) is 0 Å². The summed E-state index contributed by atoms with van der Waals surface area (Å²) < 4.78 is 0. The lowest BCUT2D eigenvalue weighted by atomic mass is 10.1. The number of benzene rings is 2. The molecule has 22 heavy (non-hydrogen) atoms. The highest BCUT2D eigenvalue weighted by Gasteiger charge is 2.30. The van der Waals surface area contributed by atoms with Crippen molar-refractivity contribution in [2.24, 2.45) is 0 Å². The molecule has 4 heteroatoms. The van der Waals surface area contributed by atoms with Gasteiger partial charge >= 0.3 is 6.03 Å². The van der Waals surface area contributed by atoms with E-state index in [1.165, 1.54) is 11.1 Å². The van der Waals surface area contributed by atoms with Crippen LogP contribution in [0.4, 0.5) is 10.5 Å². The van der Waals surface area contributed by atoms with Crippen LogP contribution in [-0.2, 0) is 12.8 Å². The van der Waals surface area contributed by atoms with Crippen LogP contribution in [0.15, 0.2) is 48.5 Å². The Morgan fingerprint density at radius 2 is 1.95 bits per heavy atom. The van der Waals surface area contributed by atoms with E-state index in [-0.39, 0.29) is 12.1 Å². The summed E-state index contributed by atoms with van der Waals surface area (Å²) >= 11 is 5.87. The number of hydrogen-bond acceptors (Lipinski definition) is 1. The molecule has 2 amide bonds. The van der Waals surface area contributed by atoms with E-state index >= 15 is 0 Å². The van der Waals surface area contributed by atoms with Crippen LogP contribution < -0.4 is 10.2 Å². The van der Waals surface area contributed by atoms with Crippen LogP contribution >= 0.6 is 11.6 Å². The van der Waals surface area contributed by atoms with Crippen molar-refractivity contribution in [3.05, 3.63) is 64.7 Å². The number of para-hydroxylation sites is 1. The lowest BCUT2D eigenvalue weighted by Gasteiger charge is -2.23. The van der Waals surface area contributed by atoms with Gasteiger partial charge in [-0.1, -0.05) is 41.9 Å². The Labute approximate surface area is 135 Å². The number of nitrogens with one attached hydrogen (secondary N) is 1. The second kappa shape index (κ2) is 6.41. The summed E-state index contributed by atoms with van der Waals surface area (Å²) in [5, 5.41) is 3.74. The van der Waals surface area contributed by atoms with E-state index in [0.29, 0.717) is 6.54 Å². The summed E-state index contributed by atoms with van der Waals surface area (Å²) in [6.45, 7) is 2.70. The summed E-state index contributed by atoms with van der Waals surface area (Å²) in [5.74, 6) is 0. The van der Waals surface area contributed by atoms with E-state index in [1.54, 1.807) is 0 Å². The predicted molar refractivity (Wildman–Crippen MR) is 90.6 cm³/mol. The zero-order valence-electron chi connectivity index (χ0n) is 12.6. The fourth-order valence-electron chi connectivity index (χ4n) is 2.93. The van der Waals surface area contributed by atoms with Gasteiger partial charge in [-0.3, -0.25) is 4.90 Å². The maximum absolute atomic E-state index is 12.5. The van der Waals surface area contributed by atoms with Gasteiger partial charge in [-0.05, 0) is 49.1 Å². The predicted octanol–water partition coefficient (Wildman–Crippen LogP) is 4.04. The third-order valence-electron chi connectivity index (χ3n) is 4.03. The Morgan fingerprint density at radius 3 is 2.73 bits per heavy atom. The largest absolute Gasteiger partial charge is 0.337 e. The van der Waals surface area contributed by atoms with Gasteiger partial charge in [-0.25, -0.2) is 4.79 Å². The van der Waals surface area contributed by atoms with Crippen LogP contribution in [0.5, 0.6) is 0 Å². The van der Waals surface area contributed by atoms with Gasteiger partial charge in [0.2, 0.25) is 0 Å². The molecule has 1 aliphatic rings. The van der Waals surface area contributed by atoms with Crippen LogP contribution in [0.2, 0.25) is 5.02 Å². The summed E-state index contributed by atoms with van der Waals surface area (Å²) in [7, 11) is 0. The highest BCUT2D eigenvalue weighted by molar-refractivity contribution is 6.30. The van der Waals surface area contributed by atoms with E-state index in [2.05, 4.69) is 18.3 Å². The quantitative estimate of drug-likeness (QED) is 0.911. The van der Waals surface area contributed by atoms with Gasteiger partial charge in [-0.15, -0.1) is 0 Å². The minimum atomic E-state index is -0.0218. The molecule has 2 aromatic rings. The molecule has 0 bridgehead atoms. The van der Waals surface area contributed by atoms with Crippen LogP contribution in [0.1, 0.15) is 18.1 Å². The molecule has 0 spiro atoms. The smallest absolute Gasteiger partial charge is 0.322 e. The van der Waals surface area contributed by atoms with Crippen molar-refractivity contribution in [3.63, 3.8) is 0 Å². The van der Waals surface area contributed by atoms with Crippen LogP contribution in [0, 0.1) is 0 Å². The van der Waals surface area contributed by atoms with Crippen molar-refractivity contribution in [1.29, 1.82) is 0 Å². The number of halogens is 1. The first-order valence-electron chi connectivity index (χ1n) is 7.54. The molecule has 114 valence electrons. The summed E-state index contributed by atoms with van der Waals surface area (Å²) in [4.78, 5) is 14.3. The van der Waals surface area contributed by atoms with Crippen LogP contribution in [-0.4, -0.2) is 18.6 Å². The van der Waals surface area contributed by atoms with E-state index in [0.717, 1.165) is 23.6 Å². The number of anilines is 1. The number of amides is 2. The maximum atomic E-state index is 12.5. The molecule has 1 N–H and O–H groups in total. The summed E-state index contributed by atoms with van der Waals surface area (Å²) in [6.07, 6.45) is 1.72. The average molecular weight is 315 g/mol. The highest BCUT2D eigenvalue weighted by Crippen LogP contribution is 2.31. The van der Waals surface area contributed by atoms with Gasteiger partial charge < -0.3 is 5.32 Å². The van der Waals surface area contributed by atoms with E-state index < -0.39 is 0 Å². The van der Waals surface area contributed by atoms with Crippen molar-refractivity contribution in [2.45, 2.75) is 25.8 Å². The first-order valence-corrected chi connectivity index (χ1v) is 7.92. The molecular formula is C18H19ClN2O. The highest BCUT2D eigenvalue weighted by atomic mass is 35.5. The molecule has 1 atom stereocenters. The molecule has 1 aliphatic heterocycles. The minimum absolute atomic E-state index is 0.0218. The zero-order chi connectivity index (χ0) is 15.5. The lowest BCUT2D eigenvalue weighted by Crippen LogP contribution is -2.43. The molecule has 3 nitrogen and oxygen atoms in total. The SMILES string of the molecule is CC1Cc2ccccc2N1C(=O)NCCc1ccc(Cl)cc1. The number of carbonyl (C=O) groups excluding carboxylic acids is 1. The fourth-order valence-corrected chi connectivity index (χ4v) is 3.05. The van der Waals surface area contributed by atoms with E-state index in [9.17, 15) is 4.79 Å². The van der Waals surface area contributed by atoms with E-state index in [4.69, 9.17) is 11.6 Å². The Kier molecular flexibility index (Phi) is 4.34. The first-order chi connectivity index (χ1) is 10.6. The molecular weight excluding hydrogens is 296 g/mol. The summed E-state index contributed by atoms with van der Waals surface area (Å²) in [5.41, 5.74) is 3.43. The van der Waals surface area contributed by atoms with Crippen molar-refractivity contribution in [2.75, 3.05) is 11.4 Å². The molecule has 3 rings (SSSR count). The molecule has 1 heterocycles. The second-order valence-electron chi connectivity index (χ2n) is 5.66. The summed E-state index contributed by atoms with van der Waals surface area (Å²) in [6, 6.07) is 16.0. The molecule has 2 aromatic carbocycles. The first kappa shape index (κ1) is 14.9. The maximum Gasteiger partial charge on any atom is 0.322 e. The van der Waals surface area contributed by atoms with Gasteiger partial charge in [0.05, 0.1) is 0 Å². The fraction of sp³-hybridized carbons (Fsp3) is 0.278. The second-order valence-corrected chi connectivity index (χ2v) is 6.10. The third kappa shape index (κ3) is 3.09. The van der Waals surface area contributed by atoms with Crippen molar-refractivity contribution in [3.8, 4) is 0 Å². The standard InChI is InChI=1S/C18H19ClN2O/c1-13-12-15-4-2-3-5-17(15)21(13)18(22)20-11-10-14-6-8-16(19)9-7-14/h2-9,13H,10-12H2,1H3,(H,20,22). The molecule has 0 saturated carbocycles. The minimum Gasteiger partial charge on any atom is -0.337 e. The number of hydrogen-bond donors (Lipinski definition) is 1. The van der Waals surface area contributed by atoms with Crippen LogP contribution in [0.3, 0.4) is 0 Å². The van der Waals surface area contributed by atoms with Crippen molar-refractivity contribution >= 4 is 23.3 Å². The molecule has 0 fully saturated rings. The van der Waals surface area contributed by atoms with Crippen molar-refractivity contribution in [1.82, 2.24) is 5.32 Å². The van der Waals surface area contributed by atoms with Gasteiger partial charge in [0.15, 0.2) is 0 Å². The number of urea groups is 1. The number of rotatable bonds is 3. The van der Waals surface area contributed by atoms with Gasteiger partial charge in [0.25, 0.3) is 0 Å². The Morgan fingerprint density at radius 1 is 1.23 bits per heavy atom.